The second kappa shape index (κ2) is 9.58. The molecule has 166 valence electrons. The van der Waals surface area contributed by atoms with Crippen LogP contribution in [0.15, 0.2) is 83.0 Å². The van der Waals surface area contributed by atoms with Crippen LogP contribution in [-0.4, -0.2) is 34.0 Å². The zero-order chi connectivity index (χ0) is 22.6. The molecule has 33 heavy (non-hydrogen) atoms. The van der Waals surface area contributed by atoms with E-state index < -0.39 is 0 Å². The van der Waals surface area contributed by atoms with Crippen LogP contribution in [0.1, 0.15) is 24.0 Å². The van der Waals surface area contributed by atoms with Crippen molar-refractivity contribution in [3.05, 3.63) is 94.9 Å². The minimum atomic E-state index is -0.257. The lowest BCUT2D eigenvalue weighted by Crippen LogP contribution is -2.28. The lowest BCUT2D eigenvalue weighted by atomic mass is 10.1. The third kappa shape index (κ3) is 4.83. The minimum absolute atomic E-state index is 0.150. The van der Waals surface area contributed by atoms with Gasteiger partial charge < -0.3 is 4.90 Å². The number of carbonyl (C=O) groups is 1. The first-order valence-electron chi connectivity index (χ1n) is 11.0. The first-order valence-corrected chi connectivity index (χ1v) is 11.8. The number of hydrogen-bond donors (Lipinski definition) is 0. The van der Waals surface area contributed by atoms with E-state index in [-0.39, 0.29) is 11.7 Å². The van der Waals surface area contributed by atoms with Crippen LogP contribution < -0.4 is 4.90 Å². The first kappa shape index (κ1) is 21.4. The van der Waals surface area contributed by atoms with Crippen LogP contribution in [-0.2, 0) is 11.3 Å². The fraction of sp³-hybridized carbons (Fsp3) is 0.192. The van der Waals surface area contributed by atoms with Crippen molar-refractivity contribution in [3.8, 4) is 0 Å². The highest BCUT2D eigenvalue weighted by Gasteiger charge is 2.33. The molecule has 5 nitrogen and oxygen atoms in total. The van der Waals surface area contributed by atoms with E-state index in [9.17, 15) is 9.18 Å². The Labute approximate surface area is 196 Å². The normalized spacial score (nSPS) is 18.6. The van der Waals surface area contributed by atoms with Crippen molar-refractivity contribution in [1.29, 1.82) is 0 Å². The number of benzene rings is 2. The number of halogens is 1. The summed E-state index contributed by atoms with van der Waals surface area (Å²) in [6, 6.07) is 18.5. The van der Waals surface area contributed by atoms with Gasteiger partial charge in [-0.25, -0.2) is 9.38 Å². The van der Waals surface area contributed by atoms with Crippen molar-refractivity contribution in [2.45, 2.75) is 19.4 Å². The topological polar surface area (TPSA) is 48.8 Å². The molecule has 2 fully saturated rings. The number of carbonyl (C=O) groups excluding carboxylic acids is 1. The Bertz CT molecular complexity index is 1210. The summed E-state index contributed by atoms with van der Waals surface area (Å²) in [4.78, 5) is 26.4. The summed E-state index contributed by atoms with van der Waals surface area (Å²) in [5.41, 5.74) is 2.97. The highest BCUT2D eigenvalue weighted by Crippen LogP contribution is 2.35. The molecule has 0 radical (unpaired) electrons. The molecule has 0 atom stereocenters. The molecule has 2 aliphatic rings. The number of pyridine rings is 1. The number of rotatable bonds is 5. The molecule has 2 saturated heterocycles. The Balaban J connectivity index is 1.45. The monoisotopic (exact) mass is 458 g/mol. The van der Waals surface area contributed by atoms with E-state index in [1.54, 1.807) is 23.4 Å². The average molecular weight is 459 g/mol. The molecule has 2 aliphatic heterocycles. The van der Waals surface area contributed by atoms with Crippen molar-refractivity contribution in [2.75, 3.05) is 18.0 Å². The van der Waals surface area contributed by atoms with Crippen LogP contribution in [0.4, 0.5) is 15.8 Å². The maximum atomic E-state index is 14.8. The molecule has 1 aromatic heterocycles. The molecule has 3 aromatic rings. The fourth-order valence-corrected chi connectivity index (χ4v) is 4.99. The van der Waals surface area contributed by atoms with Gasteiger partial charge in [0.2, 0.25) is 0 Å². The van der Waals surface area contributed by atoms with Crippen molar-refractivity contribution in [3.63, 3.8) is 0 Å². The number of para-hydroxylation sites is 1. The van der Waals surface area contributed by atoms with Crippen molar-refractivity contribution >= 4 is 40.3 Å². The van der Waals surface area contributed by atoms with Gasteiger partial charge in [-0.05, 0) is 72.1 Å². The second-order valence-corrected chi connectivity index (χ2v) is 9.01. The zero-order valence-corrected chi connectivity index (χ0v) is 18.8. The molecular formula is C26H23FN4OS. The van der Waals surface area contributed by atoms with Gasteiger partial charge in [-0.15, -0.1) is 0 Å². The van der Waals surface area contributed by atoms with E-state index in [0.29, 0.717) is 27.9 Å². The van der Waals surface area contributed by atoms with Crippen molar-refractivity contribution in [2.24, 2.45) is 4.99 Å². The number of thioether (sulfide) groups is 1. The standard InChI is InChI=1S/C26H23FN4OS/c27-22-15-19(10-11-23(22)30-13-4-5-14-30)16-24-25(32)31(18-20-7-6-12-28-17-20)26(33-24)29-21-8-2-1-3-9-21/h1-3,6-12,15-17H,4-5,13-14,18H2/b24-16-,29-26?. The largest absolute Gasteiger partial charge is 0.369 e. The van der Waals surface area contributed by atoms with Crippen molar-refractivity contribution in [1.82, 2.24) is 9.88 Å². The number of amides is 1. The molecule has 0 N–H and O–H groups in total. The molecule has 0 saturated carbocycles. The van der Waals surface area contributed by atoms with E-state index in [1.165, 1.54) is 17.8 Å². The van der Waals surface area contributed by atoms with Crippen molar-refractivity contribution < 1.29 is 9.18 Å². The minimum Gasteiger partial charge on any atom is -0.369 e. The second-order valence-electron chi connectivity index (χ2n) is 8.00. The molecule has 7 heteroatoms. The summed E-state index contributed by atoms with van der Waals surface area (Å²) in [6.45, 7) is 2.13. The van der Waals surface area contributed by atoms with Gasteiger partial charge in [-0.1, -0.05) is 30.3 Å². The smallest absolute Gasteiger partial charge is 0.267 e. The van der Waals surface area contributed by atoms with Gasteiger partial charge in [-0.3, -0.25) is 14.7 Å². The van der Waals surface area contributed by atoms with E-state index >= 15 is 0 Å². The third-order valence-corrected chi connectivity index (χ3v) is 6.66. The quantitative estimate of drug-likeness (QED) is 0.465. The van der Waals surface area contributed by atoms with Gasteiger partial charge in [0.25, 0.3) is 5.91 Å². The maximum Gasteiger partial charge on any atom is 0.267 e. The summed E-state index contributed by atoms with van der Waals surface area (Å²) < 4.78 is 14.8. The lowest BCUT2D eigenvalue weighted by molar-refractivity contribution is -0.122. The van der Waals surface area contributed by atoms with Gasteiger partial charge in [0.1, 0.15) is 5.82 Å². The predicted molar refractivity (Wildman–Crippen MR) is 132 cm³/mol. The molecule has 0 aliphatic carbocycles. The Morgan fingerprint density at radius 2 is 1.88 bits per heavy atom. The van der Waals surface area contributed by atoms with Gasteiger partial charge in [0.15, 0.2) is 5.17 Å². The van der Waals surface area contributed by atoms with Crippen LogP contribution >= 0.6 is 11.8 Å². The number of anilines is 1. The molecule has 2 aromatic carbocycles. The zero-order valence-electron chi connectivity index (χ0n) is 18.0. The number of nitrogens with zero attached hydrogens (tertiary/aromatic N) is 4. The van der Waals surface area contributed by atoms with Crippen LogP contribution in [0.5, 0.6) is 0 Å². The third-order valence-electron chi connectivity index (χ3n) is 5.65. The Hall–Kier alpha value is -3.45. The summed E-state index contributed by atoms with van der Waals surface area (Å²) in [5.74, 6) is -0.408. The molecule has 3 heterocycles. The fourth-order valence-electron chi connectivity index (χ4n) is 4.00. The molecule has 0 unspecified atom stereocenters. The molecule has 0 spiro atoms. The number of aliphatic imine (C=N–C) groups is 1. The Morgan fingerprint density at radius 1 is 1.06 bits per heavy atom. The molecule has 0 bridgehead atoms. The van der Waals surface area contributed by atoms with E-state index in [1.807, 2.05) is 54.6 Å². The highest BCUT2D eigenvalue weighted by atomic mass is 32.2. The summed E-state index contributed by atoms with van der Waals surface area (Å²) in [5, 5.41) is 0.593. The molecule has 5 rings (SSSR count). The van der Waals surface area contributed by atoms with Crippen LogP contribution in [0.2, 0.25) is 0 Å². The van der Waals surface area contributed by atoms with Crippen LogP contribution in [0, 0.1) is 5.82 Å². The SMILES string of the molecule is O=C1/C(=C/c2ccc(N3CCCC3)c(F)c2)SC(=Nc2ccccc2)N1Cc1cccnc1. The molecular weight excluding hydrogens is 435 g/mol. The summed E-state index contributed by atoms with van der Waals surface area (Å²) in [7, 11) is 0. The van der Waals surface area contributed by atoms with E-state index in [4.69, 9.17) is 4.99 Å². The van der Waals surface area contributed by atoms with E-state index in [0.717, 1.165) is 37.2 Å². The first-order chi connectivity index (χ1) is 16.2. The van der Waals surface area contributed by atoms with Gasteiger partial charge >= 0.3 is 0 Å². The summed E-state index contributed by atoms with van der Waals surface area (Å²) >= 11 is 1.31. The average Bonchev–Trinajstić information content (AvgIpc) is 3.46. The number of aromatic nitrogens is 1. The van der Waals surface area contributed by atoms with Crippen LogP contribution in [0.3, 0.4) is 0 Å². The lowest BCUT2D eigenvalue weighted by Gasteiger charge is -2.18. The van der Waals surface area contributed by atoms with E-state index in [2.05, 4.69) is 9.88 Å². The van der Waals surface area contributed by atoms with Gasteiger partial charge in [0.05, 0.1) is 22.8 Å². The highest BCUT2D eigenvalue weighted by molar-refractivity contribution is 8.18. The Kier molecular flexibility index (Phi) is 6.21. The van der Waals surface area contributed by atoms with Crippen LogP contribution in [0.25, 0.3) is 6.08 Å². The number of hydrogen-bond acceptors (Lipinski definition) is 5. The molecule has 1 amide bonds. The summed E-state index contributed by atoms with van der Waals surface area (Å²) in [6.07, 6.45) is 7.37. The van der Waals surface area contributed by atoms with Gasteiger partial charge in [-0.2, -0.15) is 0 Å². The maximum absolute atomic E-state index is 14.8. The Morgan fingerprint density at radius 3 is 2.61 bits per heavy atom. The predicted octanol–water partition coefficient (Wildman–Crippen LogP) is 5.63. The number of amidine groups is 1. The van der Waals surface area contributed by atoms with Gasteiger partial charge in [0, 0.05) is 25.5 Å².